The van der Waals surface area contributed by atoms with E-state index < -0.39 is 5.41 Å². The maximum absolute atomic E-state index is 11.7. The predicted octanol–water partition coefficient (Wildman–Crippen LogP) is 5.45. The third-order valence-corrected chi connectivity index (χ3v) is 4.39. The summed E-state index contributed by atoms with van der Waals surface area (Å²) in [5.41, 5.74) is 1.55. The second-order valence-electron chi connectivity index (χ2n) is 7.13. The van der Waals surface area contributed by atoms with Crippen LogP contribution in [0.5, 0.6) is 17.2 Å². The number of benzene rings is 2. The number of carbonyl (C=O) groups excluding carboxylic acids is 1. The zero-order valence-electron chi connectivity index (χ0n) is 16.3. The molecule has 0 saturated heterocycles. The average Bonchev–Trinajstić information content (AvgIpc) is 2.62. The van der Waals surface area contributed by atoms with Crippen molar-refractivity contribution in [2.75, 3.05) is 13.7 Å². The van der Waals surface area contributed by atoms with Crippen molar-refractivity contribution in [3.05, 3.63) is 53.6 Å². The molecule has 2 rings (SSSR count). The Kier molecular flexibility index (Phi) is 6.67. The second kappa shape index (κ2) is 8.75. The highest BCUT2D eigenvalue weighted by Gasteiger charge is 2.27. The molecule has 0 aliphatic carbocycles. The van der Waals surface area contributed by atoms with Gasteiger partial charge in [-0.2, -0.15) is 0 Å². The number of methoxy groups -OCH3 is 1. The van der Waals surface area contributed by atoms with Crippen LogP contribution in [0.2, 0.25) is 0 Å². The Morgan fingerprint density at radius 3 is 2.27 bits per heavy atom. The predicted molar refractivity (Wildman–Crippen MR) is 103 cm³/mol. The van der Waals surface area contributed by atoms with Gasteiger partial charge in [-0.1, -0.05) is 18.2 Å². The summed E-state index contributed by atoms with van der Waals surface area (Å²) in [4.78, 5) is 11.7. The first kappa shape index (κ1) is 19.8. The molecule has 0 unspecified atom stereocenters. The number of para-hydroxylation sites is 1. The molecule has 0 atom stereocenters. The van der Waals surface area contributed by atoms with Gasteiger partial charge in [-0.3, -0.25) is 4.79 Å². The van der Waals surface area contributed by atoms with Gasteiger partial charge < -0.3 is 14.2 Å². The van der Waals surface area contributed by atoms with E-state index in [0.717, 1.165) is 34.8 Å². The van der Waals surface area contributed by atoms with Crippen molar-refractivity contribution in [1.29, 1.82) is 0 Å². The zero-order valence-corrected chi connectivity index (χ0v) is 16.3. The molecule has 0 aromatic heterocycles. The molecule has 4 nitrogen and oxygen atoms in total. The Morgan fingerprint density at radius 1 is 1.00 bits per heavy atom. The number of carbonyl (C=O) groups is 1. The largest absolute Gasteiger partial charge is 0.493 e. The first-order chi connectivity index (χ1) is 12.3. The number of rotatable bonds is 8. The van der Waals surface area contributed by atoms with Gasteiger partial charge in [0.1, 0.15) is 17.2 Å². The summed E-state index contributed by atoms with van der Waals surface area (Å²) in [7, 11) is 1.42. The molecule has 0 saturated carbocycles. The van der Waals surface area contributed by atoms with Crippen LogP contribution in [-0.4, -0.2) is 19.7 Å². The van der Waals surface area contributed by atoms with E-state index in [1.54, 1.807) is 0 Å². The number of ether oxygens (including phenoxy) is 3. The molecule has 26 heavy (non-hydrogen) atoms. The summed E-state index contributed by atoms with van der Waals surface area (Å²) in [5, 5.41) is 0. The van der Waals surface area contributed by atoms with Crippen LogP contribution < -0.4 is 9.47 Å². The van der Waals surface area contributed by atoms with E-state index in [9.17, 15) is 4.79 Å². The van der Waals surface area contributed by atoms with Crippen LogP contribution in [0, 0.1) is 19.3 Å². The minimum absolute atomic E-state index is 0.188. The molecule has 0 amide bonds. The van der Waals surface area contributed by atoms with E-state index in [1.165, 1.54) is 7.11 Å². The minimum Gasteiger partial charge on any atom is -0.493 e. The van der Waals surface area contributed by atoms with Crippen LogP contribution >= 0.6 is 0 Å². The third-order valence-electron chi connectivity index (χ3n) is 4.39. The van der Waals surface area contributed by atoms with Gasteiger partial charge in [0, 0.05) is 0 Å². The number of hydrogen-bond donors (Lipinski definition) is 0. The second-order valence-corrected chi connectivity index (χ2v) is 7.13. The quantitative estimate of drug-likeness (QED) is 0.466. The topological polar surface area (TPSA) is 44.8 Å². The highest BCUT2D eigenvalue weighted by atomic mass is 16.5. The maximum Gasteiger partial charge on any atom is 0.311 e. The minimum atomic E-state index is -0.490. The van der Waals surface area contributed by atoms with Gasteiger partial charge in [0.25, 0.3) is 0 Å². The fraction of sp³-hybridized carbons (Fsp3) is 0.409. The Bertz CT molecular complexity index is 735. The Labute approximate surface area is 156 Å². The molecule has 0 spiro atoms. The lowest BCUT2D eigenvalue weighted by Crippen LogP contribution is -2.26. The number of hydrogen-bond acceptors (Lipinski definition) is 4. The van der Waals surface area contributed by atoms with E-state index in [-0.39, 0.29) is 5.97 Å². The molecule has 140 valence electrons. The summed E-state index contributed by atoms with van der Waals surface area (Å²) < 4.78 is 16.7. The van der Waals surface area contributed by atoms with Crippen molar-refractivity contribution in [2.45, 2.75) is 40.5 Å². The van der Waals surface area contributed by atoms with Crippen LogP contribution in [0.3, 0.4) is 0 Å². The van der Waals surface area contributed by atoms with Gasteiger partial charge >= 0.3 is 5.97 Å². The highest BCUT2D eigenvalue weighted by molar-refractivity contribution is 5.75. The normalized spacial score (nSPS) is 11.1. The summed E-state index contributed by atoms with van der Waals surface area (Å²) in [6.45, 7) is 8.35. The SMILES string of the molecule is COC(=O)C(C)(C)CCCOc1cc(C)c(Oc2ccccc2)cc1C. The molecule has 0 radical (unpaired) electrons. The van der Waals surface area contributed by atoms with E-state index in [4.69, 9.17) is 14.2 Å². The van der Waals surface area contributed by atoms with Crippen molar-refractivity contribution in [3.63, 3.8) is 0 Å². The van der Waals surface area contributed by atoms with Gasteiger partial charge in [-0.05, 0) is 75.9 Å². The monoisotopic (exact) mass is 356 g/mol. The lowest BCUT2D eigenvalue weighted by Gasteiger charge is -2.21. The van der Waals surface area contributed by atoms with Crippen molar-refractivity contribution in [1.82, 2.24) is 0 Å². The summed E-state index contributed by atoms with van der Waals surface area (Å²) in [6, 6.07) is 13.7. The molecule has 0 fully saturated rings. The first-order valence-corrected chi connectivity index (χ1v) is 8.89. The van der Waals surface area contributed by atoms with Crippen LogP contribution in [0.15, 0.2) is 42.5 Å². The molecule has 0 aliphatic heterocycles. The van der Waals surface area contributed by atoms with E-state index in [2.05, 4.69) is 0 Å². The Hall–Kier alpha value is -2.49. The van der Waals surface area contributed by atoms with E-state index in [1.807, 2.05) is 70.2 Å². The standard InChI is InChI=1S/C22H28O4/c1-16-15-20(26-18-10-7-6-8-11-18)17(2)14-19(16)25-13-9-12-22(3,4)21(23)24-5/h6-8,10-11,14-15H,9,12-13H2,1-5H3. The van der Waals surface area contributed by atoms with Gasteiger partial charge in [0.2, 0.25) is 0 Å². The number of aryl methyl sites for hydroxylation is 2. The van der Waals surface area contributed by atoms with Crippen LogP contribution in [0.25, 0.3) is 0 Å². The lowest BCUT2D eigenvalue weighted by molar-refractivity contribution is -0.151. The molecule has 0 aliphatic rings. The highest BCUT2D eigenvalue weighted by Crippen LogP contribution is 2.31. The van der Waals surface area contributed by atoms with Crippen molar-refractivity contribution in [3.8, 4) is 17.2 Å². The summed E-state index contributed by atoms with van der Waals surface area (Å²) >= 11 is 0. The van der Waals surface area contributed by atoms with E-state index >= 15 is 0 Å². The number of esters is 1. The maximum atomic E-state index is 11.7. The first-order valence-electron chi connectivity index (χ1n) is 8.89. The van der Waals surface area contributed by atoms with Gasteiger partial charge in [0.15, 0.2) is 0 Å². The van der Waals surface area contributed by atoms with Gasteiger partial charge in [-0.15, -0.1) is 0 Å². The van der Waals surface area contributed by atoms with E-state index in [0.29, 0.717) is 13.0 Å². The fourth-order valence-electron chi connectivity index (χ4n) is 2.72. The molecule has 0 N–H and O–H groups in total. The molecule has 2 aromatic rings. The van der Waals surface area contributed by atoms with Gasteiger partial charge in [-0.25, -0.2) is 0 Å². The average molecular weight is 356 g/mol. The van der Waals surface area contributed by atoms with Crippen molar-refractivity contribution >= 4 is 5.97 Å². The molecule has 0 heterocycles. The Morgan fingerprint density at radius 2 is 1.62 bits per heavy atom. The fourth-order valence-corrected chi connectivity index (χ4v) is 2.72. The molecular formula is C22H28O4. The Balaban J connectivity index is 1.94. The van der Waals surface area contributed by atoms with Crippen molar-refractivity contribution in [2.24, 2.45) is 5.41 Å². The smallest absolute Gasteiger partial charge is 0.311 e. The third kappa shape index (κ3) is 5.25. The van der Waals surface area contributed by atoms with Crippen molar-refractivity contribution < 1.29 is 19.0 Å². The lowest BCUT2D eigenvalue weighted by atomic mass is 9.88. The molecule has 2 aromatic carbocycles. The zero-order chi connectivity index (χ0) is 19.2. The molecule has 0 bridgehead atoms. The molecule has 4 heteroatoms. The molecular weight excluding hydrogens is 328 g/mol. The van der Waals surface area contributed by atoms with Crippen LogP contribution in [-0.2, 0) is 9.53 Å². The summed E-state index contributed by atoms with van der Waals surface area (Å²) in [6.07, 6.45) is 1.50. The van der Waals surface area contributed by atoms with Gasteiger partial charge in [0.05, 0.1) is 19.1 Å². The van der Waals surface area contributed by atoms with Crippen LogP contribution in [0.1, 0.15) is 37.8 Å². The summed E-state index contributed by atoms with van der Waals surface area (Å²) in [5.74, 6) is 2.30. The van der Waals surface area contributed by atoms with Crippen LogP contribution in [0.4, 0.5) is 0 Å².